The van der Waals surface area contributed by atoms with Crippen molar-refractivity contribution in [3.05, 3.63) is 29.8 Å². The van der Waals surface area contributed by atoms with Crippen molar-refractivity contribution in [3.63, 3.8) is 0 Å². The molecule has 0 fully saturated rings. The van der Waals surface area contributed by atoms with E-state index in [1.165, 1.54) is 0 Å². The van der Waals surface area contributed by atoms with E-state index in [1.54, 1.807) is 24.3 Å². The molecular weight excluding hydrogens is 258 g/mol. The summed E-state index contributed by atoms with van der Waals surface area (Å²) in [5, 5.41) is 11.5. The normalized spacial score (nSPS) is 13.3. The van der Waals surface area contributed by atoms with Gasteiger partial charge in [-0.2, -0.15) is 0 Å². The van der Waals surface area contributed by atoms with Crippen LogP contribution in [0.1, 0.15) is 37.6 Å². The van der Waals surface area contributed by atoms with Gasteiger partial charge in [0, 0.05) is 11.6 Å². The zero-order valence-corrected chi connectivity index (χ0v) is 12.1. The van der Waals surface area contributed by atoms with Crippen molar-refractivity contribution in [2.75, 3.05) is 6.61 Å². The van der Waals surface area contributed by atoms with Gasteiger partial charge < -0.3 is 15.2 Å². The van der Waals surface area contributed by atoms with E-state index in [0.717, 1.165) is 6.42 Å². The summed E-state index contributed by atoms with van der Waals surface area (Å²) in [7, 11) is 0. The molecule has 1 amide bonds. The van der Waals surface area contributed by atoms with Crippen LogP contribution in [0.5, 0.6) is 5.75 Å². The fourth-order valence-corrected chi connectivity index (χ4v) is 1.66. The van der Waals surface area contributed by atoms with E-state index >= 15 is 0 Å². The van der Waals surface area contributed by atoms with Gasteiger partial charge in [-0.15, -0.1) is 0 Å². The average Bonchev–Trinajstić information content (AvgIpc) is 2.44. The molecule has 110 valence electrons. The lowest BCUT2D eigenvalue weighted by atomic mass is 10.0. The Morgan fingerprint density at radius 3 is 2.65 bits per heavy atom. The van der Waals surface area contributed by atoms with Crippen LogP contribution < -0.4 is 10.1 Å². The van der Waals surface area contributed by atoms with Gasteiger partial charge in [-0.3, -0.25) is 4.79 Å². The molecule has 0 saturated heterocycles. The Bertz CT molecular complexity index is 473. The number of carbonyl (C=O) groups excluding carboxylic acids is 1. The third-order valence-electron chi connectivity index (χ3n) is 3.31. The Hall–Kier alpha value is -2.04. The molecule has 2 unspecified atom stereocenters. The van der Waals surface area contributed by atoms with Crippen LogP contribution in [0.25, 0.3) is 0 Å². The second kappa shape index (κ2) is 7.53. The number of hydrogen-bond donors (Lipinski definition) is 2. The van der Waals surface area contributed by atoms with E-state index in [0.29, 0.717) is 17.2 Å². The Morgan fingerprint density at radius 1 is 1.35 bits per heavy atom. The van der Waals surface area contributed by atoms with Crippen molar-refractivity contribution in [1.82, 2.24) is 5.32 Å². The minimum Gasteiger partial charge on any atom is -0.482 e. The van der Waals surface area contributed by atoms with E-state index in [-0.39, 0.29) is 11.9 Å². The Balaban J connectivity index is 2.68. The van der Waals surface area contributed by atoms with Crippen LogP contribution in [0, 0.1) is 5.92 Å². The number of carboxylic acids is 1. The van der Waals surface area contributed by atoms with Crippen molar-refractivity contribution in [1.29, 1.82) is 0 Å². The molecule has 1 aromatic rings. The predicted molar refractivity (Wildman–Crippen MR) is 76.0 cm³/mol. The maximum atomic E-state index is 12.1. The quantitative estimate of drug-likeness (QED) is 0.803. The molecule has 20 heavy (non-hydrogen) atoms. The SMILES string of the molecule is CCC(C)C(C)NC(=O)c1cccc(OCC(=O)O)c1. The first kappa shape index (κ1) is 16.0. The van der Waals surface area contributed by atoms with Gasteiger partial charge in [0.2, 0.25) is 0 Å². The predicted octanol–water partition coefficient (Wildman–Crippen LogP) is 2.31. The molecule has 0 radical (unpaired) electrons. The molecule has 0 spiro atoms. The van der Waals surface area contributed by atoms with Crippen molar-refractivity contribution in [2.45, 2.75) is 33.2 Å². The first-order chi connectivity index (χ1) is 9.43. The maximum Gasteiger partial charge on any atom is 0.341 e. The molecule has 0 aliphatic heterocycles. The summed E-state index contributed by atoms with van der Waals surface area (Å²) in [5.74, 6) is -0.467. The van der Waals surface area contributed by atoms with Crippen molar-refractivity contribution in [3.8, 4) is 5.75 Å². The molecule has 2 N–H and O–H groups in total. The number of carbonyl (C=O) groups is 2. The van der Waals surface area contributed by atoms with Crippen LogP contribution in [-0.4, -0.2) is 29.6 Å². The van der Waals surface area contributed by atoms with E-state index in [2.05, 4.69) is 19.2 Å². The third kappa shape index (κ3) is 4.91. The monoisotopic (exact) mass is 279 g/mol. The molecule has 0 aliphatic carbocycles. The second-order valence-electron chi connectivity index (χ2n) is 4.86. The lowest BCUT2D eigenvalue weighted by Gasteiger charge is -2.20. The standard InChI is InChI=1S/C15H21NO4/c1-4-10(2)11(3)16-15(19)12-6-5-7-13(8-12)20-9-14(17)18/h5-8,10-11H,4,9H2,1-3H3,(H,16,19)(H,17,18). The summed E-state index contributed by atoms with van der Waals surface area (Å²) in [5.41, 5.74) is 0.461. The van der Waals surface area contributed by atoms with E-state index in [1.807, 2.05) is 6.92 Å². The summed E-state index contributed by atoms with van der Waals surface area (Å²) < 4.78 is 5.05. The smallest absolute Gasteiger partial charge is 0.341 e. The summed E-state index contributed by atoms with van der Waals surface area (Å²) in [6.07, 6.45) is 0.989. The number of carboxylic acid groups (broad SMARTS) is 1. The van der Waals surface area contributed by atoms with E-state index < -0.39 is 12.6 Å². The van der Waals surface area contributed by atoms with Crippen LogP contribution in [0.4, 0.5) is 0 Å². The minimum atomic E-state index is -1.05. The highest BCUT2D eigenvalue weighted by Crippen LogP contribution is 2.14. The first-order valence-corrected chi connectivity index (χ1v) is 6.69. The van der Waals surface area contributed by atoms with Gasteiger partial charge in [0.15, 0.2) is 6.61 Å². The van der Waals surface area contributed by atoms with Crippen LogP contribution in [0.2, 0.25) is 0 Å². The summed E-state index contributed by atoms with van der Waals surface area (Å²) in [6.45, 7) is 5.70. The lowest BCUT2D eigenvalue weighted by Crippen LogP contribution is -2.36. The van der Waals surface area contributed by atoms with E-state index in [9.17, 15) is 9.59 Å². The van der Waals surface area contributed by atoms with Crippen molar-refractivity contribution in [2.24, 2.45) is 5.92 Å². The number of rotatable bonds is 7. The highest BCUT2D eigenvalue weighted by Gasteiger charge is 2.14. The topological polar surface area (TPSA) is 75.6 Å². The largest absolute Gasteiger partial charge is 0.482 e. The van der Waals surface area contributed by atoms with Gasteiger partial charge >= 0.3 is 5.97 Å². The Labute approximate surface area is 118 Å². The Morgan fingerprint density at radius 2 is 2.05 bits per heavy atom. The first-order valence-electron chi connectivity index (χ1n) is 6.69. The maximum absolute atomic E-state index is 12.1. The molecule has 0 bridgehead atoms. The van der Waals surface area contributed by atoms with Gasteiger partial charge in [-0.1, -0.05) is 26.3 Å². The molecule has 5 nitrogen and oxygen atoms in total. The number of aliphatic carboxylic acids is 1. The second-order valence-corrected chi connectivity index (χ2v) is 4.86. The molecule has 1 rings (SSSR count). The number of ether oxygens (including phenoxy) is 1. The van der Waals surface area contributed by atoms with Crippen LogP contribution in [0.15, 0.2) is 24.3 Å². The van der Waals surface area contributed by atoms with Gasteiger partial charge in [0.1, 0.15) is 5.75 Å². The number of amides is 1. The van der Waals surface area contributed by atoms with Gasteiger partial charge in [-0.25, -0.2) is 4.79 Å². The number of nitrogens with one attached hydrogen (secondary N) is 1. The van der Waals surface area contributed by atoms with Crippen LogP contribution in [0.3, 0.4) is 0 Å². The van der Waals surface area contributed by atoms with Crippen LogP contribution >= 0.6 is 0 Å². The minimum absolute atomic E-state index is 0.0797. The Kier molecular flexibility index (Phi) is 6.03. The van der Waals surface area contributed by atoms with Gasteiger partial charge in [-0.05, 0) is 31.0 Å². The van der Waals surface area contributed by atoms with E-state index in [4.69, 9.17) is 9.84 Å². The van der Waals surface area contributed by atoms with Gasteiger partial charge in [0.25, 0.3) is 5.91 Å². The van der Waals surface area contributed by atoms with Crippen molar-refractivity contribution < 1.29 is 19.4 Å². The zero-order chi connectivity index (χ0) is 15.1. The fraction of sp³-hybridized carbons (Fsp3) is 0.467. The lowest BCUT2D eigenvalue weighted by molar-refractivity contribution is -0.139. The van der Waals surface area contributed by atoms with Crippen LogP contribution in [-0.2, 0) is 4.79 Å². The number of benzene rings is 1. The molecule has 5 heteroatoms. The molecule has 0 saturated carbocycles. The summed E-state index contributed by atoms with van der Waals surface area (Å²) in [4.78, 5) is 22.5. The highest BCUT2D eigenvalue weighted by molar-refractivity contribution is 5.94. The summed E-state index contributed by atoms with van der Waals surface area (Å²) in [6, 6.07) is 6.59. The molecule has 0 aliphatic rings. The molecular formula is C15H21NO4. The average molecular weight is 279 g/mol. The third-order valence-corrected chi connectivity index (χ3v) is 3.31. The zero-order valence-electron chi connectivity index (χ0n) is 12.1. The molecule has 0 heterocycles. The number of hydrogen-bond acceptors (Lipinski definition) is 3. The molecule has 0 aromatic heterocycles. The highest BCUT2D eigenvalue weighted by atomic mass is 16.5. The molecule has 2 atom stereocenters. The molecule has 1 aromatic carbocycles. The fourth-order valence-electron chi connectivity index (χ4n) is 1.66. The summed E-state index contributed by atoms with van der Waals surface area (Å²) >= 11 is 0. The van der Waals surface area contributed by atoms with Gasteiger partial charge in [0.05, 0.1) is 0 Å². The van der Waals surface area contributed by atoms with Crippen molar-refractivity contribution >= 4 is 11.9 Å².